The van der Waals surface area contributed by atoms with Crippen LogP contribution in [0.5, 0.6) is 0 Å². The summed E-state index contributed by atoms with van der Waals surface area (Å²) in [5.74, 6) is -0.0734. The molecule has 2 heterocycles. The summed E-state index contributed by atoms with van der Waals surface area (Å²) >= 11 is 0. The Hall–Kier alpha value is -0.570. The summed E-state index contributed by atoms with van der Waals surface area (Å²) in [5, 5.41) is 9.42. The lowest BCUT2D eigenvalue weighted by molar-refractivity contribution is -0.153. The zero-order chi connectivity index (χ0) is 11.1. The lowest BCUT2D eigenvalue weighted by Crippen LogP contribution is -2.40. The van der Waals surface area contributed by atoms with Crippen molar-refractivity contribution in [2.75, 3.05) is 0 Å². The average Bonchev–Trinajstić information content (AvgIpc) is 2.74. The second-order valence-corrected chi connectivity index (χ2v) is 5.42. The third kappa shape index (κ3) is 1.78. The maximum Gasteiger partial charge on any atom is 0.312 e. The summed E-state index contributed by atoms with van der Waals surface area (Å²) in [7, 11) is 0. The molecule has 2 bridgehead atoms. The van der Waals surface area contributed by atoms with Gasteiger partial charge in [-0.3, -0.25) is 4.79 Å². The molecule has 86 valence electrons. The number of carbonyl (C=O) groups is 1. The number of fused-ring (bicyclic) bond motifs is 2. The highest BCUT2D eigenvalue weighted by molar-refractivity contribution is 5.76. The smallest absolute Gasteiger partial charge is 0.312 e. The van der Waals surface area contributed by atoms with Crippen LogP contribution < -0.4 is 0 Å². The Labute approximate surface area is 90.8 Å². The minimum Gasteiger partial charge on any atom is -0.481 e. The van der Waals surface area contributed by atoms with Crippen molar-refractivity contribution in [2.45, 2.75) is 58.2 Å². The van der Waals surface area contributed by atoms with Crippen LogP contribution in [0.25, 0.3) is 0 Å². The molecule has 3 nitrogen and oxygen atoms in total. The van der Waals surface area contributed by atoms with Gasteiger partial charge in [-0.1, -0.05) is 13.8 Å². The summed E-state index contributed by atoms with van der Waals surface area (Å²) < 4.78 is 5.70. The van der Waals surface area contributed by atoms with Crippen molar-refractivity contribution in [3.63, 3.8) is 0 Å². The van der Waals surface area contributed by atoms with E-state index in [9.17, 15) is 9.90 Å². The molecule has 0 amide bonds. The summed E-state index contributed by atoms with van der Waals surface area (Å²) in [6.07, 6.45) is 4.70. The zero-order valence-electron chi connectivity index (χ0n) is 9.53. The van der Waals surface area contributed by atoms with Gasteiger partial charge in [-0.25, -0.2) is 0 Å². The molecule has 15 heavy (non-hydrogen) atoms. The fraction of sp³-hybridized carbons (Fsp3) is 0.917. The van der Waals surface area contributed by atoms with Crippen molar-refractivity contribution in [3.05, 3.63) is 0 Å². The van der Waals surface area contributed by atoms with Gasteiger partial charge < -0.3 is 9.84 Å². The van der Waals surface area contributed by atoms with Gasteiger partial charge in [0, 0.05) is 0 Å². The van der Waals surface area contributed by atoms with Gasteiger partial charge in [0.25, 0.3) is 0 Å². The molecule has 0 aromatic rings. The second kappa shape index (κ2) is 3.78. The molecule has 0 aromatic carbocycles. The SMILES string of the molecule is CC(C)CCC1(C(=O)O)CC2CCC1O2. The van der Waals surface area contributed by atoms with E-state index in [1.54, 1.807) is 0 Å². The van der Waals surface area contributed by atoms with Crippen LogP contribution in [-0.4, -0.2) is 23.3 Å². The van der Waals surface area contributed by atoms with Crippen LogP contribution in [0.3, 0.4) is 0 Å². The van der Waals surface area contributed by atoms with Crippen molar-refractivity contribution in [1.29, 1.82) is 0 Å². The first-order valence-electron chi connectivity index (χ1n) is 5.93. The standard InChI is InChI=1S/C12H20O3/c1-8(2)5-6-12(11(13)14)7-9-3-4-10(12)15-9/h8-10H,3-7H2,1-2H3,(H,13,14). The molecule has 0 spiro atoms. The van der Waals surface area contributed by atoms with E-state index < -0.39 is 11.4 Å². The first kappa shape index (κ1) is 10.9. The van der Waals surface area contributed by atoms with E-state index in [1.165, 1.54) is 0 Å². The maximum atomic E-state index is 11.4. The number of carboxylic acid groups (broad SMARTS) is 1. The monoisotopic (exact) mass is 212 g/mol. The van der Waals surface area contributed by atoms with Crippen LogP contribution in [-0.2, 0) is 9.53 Å². The molecule has 0 aromatic heterocycles. The predicted octanol–water partition coefficient (Wildman–Crippen LogP) is 2.44. The molecule has 2 fully saturated rings. The molecule has 3 atom stereocenters. The molecular weight excluding hydrogens is 192 g/mol. The molecule has 3 heteroatoms. The topological polar surface area (TPSA) is 46.5 Å². The number of ether oxygens (including phenoxy) is 1. The van der Waals surface area contributed by atoms with Crippen molar-refractivity contribution >= 4 is 5.97 Å². The van der Waals surface area contributed by atoms with Crippen LogP contribution in [0.1, 0.15) is 46.0 Å². The Morgan fingerprint density at radius 3 is 2.67 bits per heavy atom. The Kier molecular flexibility index (Phi) is 2.75. The highest BCUT2D eigenvalue weighted by Crippen LogP contribution is 2.50. The summed E-state index contributed by atoms with van der Waals surface area (Å²) in [6, 6.07) is 0. The number of aliphatic carboxylic acids is 1. The number of hydrogen-bond donors (Lipinski definition) is 1. The van der Waals surface area contributed by atoms with E-state index >= 15 is 0 Å². The molecule has 0 saturated carbocycles. The molecule has 0 radical (unpaired) electrons. The van der Waals surface area contributed by atoms with Gasteiger partial charge in [-0.05, 0) is 38.0 Å². The molecular formula is C12H20O3. The third-order valence-corrected chi connectivity index (χ3v) is 3.91. The first-order chi connectivity index (χ1) is 7.04. The quantitative estimate of drug-likeness (QED) is 0.778. The minimum absolute atomic E-state index is 0.0150. The van der Waals surface area contributed by atoms with E-state index in [4.69, 9.17) is 4.74 Å². The summed E-state index contributed by atoms with van der Waals surface area (Å²) in [4.78, 5) is 11.4. The number of carboxylic acids is 1. The molecule has 2 aliphatic heterocycles. The summed E-state index contributed by atoms with van der Waals surface area (Å²) in [6.45, 7) is 4.28. The first-order valence-corrected chi connectivity index (χ1v) is 5.93. The lowest BCUT2D eigenvalue weighted by Gasteiger charge is -2.31. The maximum absolute atomic E-state index is 11.4. The van der Waals surface area contributed by atoms with Gasteiger partial charge in [0.15, 0.2) is 0 Å². The largest absolute Gasteiger partial charge is 0.481 e. The number of hydrogen-bond acceptors (Lipinski definition) is 2. The Bertz CT molecular complexity index is 262. The van der Waals surface area contributed by atoms with Crippen LogP contribution in [0.4, 0.5) is 0 Å². The Morgan fingerprint density at radius 2 is 2.27 bits per heavy atom. The van der Waals surface area contributed by atoms with Gasteiger partial charge in [-0.2, -0.15) is 0 Å². The van der Waals surface area contributed by atoms with Crippen LogP contribution in [0.15, 0.2) is 0 Å². The van der Waals surface area contributed by atoms with E-state index in [0.29, 0.717) is 5.92 Å². The van der Waals surface area contributed by atoms with Crippen molar-refractivity contribution in [2.24, 2.45) is 11.3 Å². The average molecular weight is 212 g/mol. The van der Waals surface area contributed by atoms with Crippen LogP contribution in [0, 0.1) is 11.3 Å². The van der Waals surface area contributed by atoms with E-state index in [-0.39, 0.29) is 12.2 Å². The highest BCUT2D eigenvalue weighted by atomic mass is 16.5. The number of rotatable bonds is 4. The molecule has 1 N–H and O–H groups in total. The van der Waals surface area contributed by atoms with Crippen LogP contribution in [0.2, 0.25) is 0 Å². The second-order valence-electron chi connectivity index (χ2n) is 5.42. The van der Waals surface area contributed by atoms with Gasteiger partial charge in [0.1, 0.15) is 0 Å². The van der Waals surface area contributed by atoms with Crippen molar-refractivity contribution in [1.82, 2.24) is 0 Å². The highest BCUT2D eigenvalue weighted by Gasteiger charge is 2.56. The van der Waals surface area contributed by atoms with Crippen molar-refractivity contribution < 1.29 is 14.6 Å². The fourth-order valence-corrected chi connectivity index (χ4v) is 2.94. The fourth-order valence-electron chi connectivity index (χ4n) is 2.94. The zero-order valence-corrected chi connectivity index (χ0v) is 9.53. The van der Waals surface area contributed by atoms with Crippen LogP contribution >= 0.6 is 0 Å². The third-order valence-electron chi connectivity index (χ3n) is 3.91. The molecule has 2 saturated heterocycles. The predicted molar refractivity (Wildman–Crippen MR) is 56.7 cm³/mol. The van der Waals surface area contributed by atoms with Gasteiger partial charge >= 0.3 is 5.97 Å². The van der Waals surface area contributed by atoms with Crippen molar-refractivity contribution in [3.8, 4) is 0 Å². The van der Waals surface area contributed by atoms with Gasteiger partial charge in [-0.15, -0.1) is 0 Å². The molecule has 2 aliphatic rings. The van der Waals surface area contributed by atoms with E-state index in [1.807, 2.05) is 0 Å². The molecule has 2 rings (SSSR count). The van der Waals surface area contributed by atoms with Gasteiger partial charge in [0.2, 0.25) is 0 Å². The summed E-state index contributed by atoms with van der Waals surface area (Å²) in [5.41, 5.74) is -0.562. The van der Waals surface area contributed by atoms with Gasteiger partial charge in [0.05, 0.1) is 17.6 Å². The molecule has 3 unspecified atom stereocenters. The minimum atomic E-state index is -0.643. The molecule has 0 aliphatic carbocycles. The Morgan fingerprint density at radius 1 is 1.53 bits per heavy atom. The lowest BCUT2D eigenvalue weighted by atomic mass is 9.70. The van der Waals surface area contributed by atoms with E-state index in [2.05, 4.69) is 13.8 Å². The van der Waals surface area contributed by atoms with E-state index in [0.717, 1.165) is 32.1 Å². The normalized spacial score (nSPS) is 38.9. The Balaban J connectivity index is 2.08.